The molecule has 0 saturated carbocycles. The number of aromatic nitrogens is 6. The number of aromatic amines is 1. The minimum atomic E-state index is -0.128. The zero-order valence-corrected chi connectivity index (χ0v) is 15.5. The lowest BCUT2D eigenvalue weighted by atomic mass is 10.2. The van der Waals surface area contributed by atoms with E-state index < -0.39 is 0 Å². The predicted octanol–water partition coefficient (Wildman–Crippen LogP) is 3.10. The van der Waals surface area contributed by atoms with Gasteiger partial charge >= 0.3 is 6.01 Å². The van der Waals surface area contributed by atoms with Crippen LogP contribution in [0.1, 0.15) is 25.6 Å². The molecule has 2 aromatic carbocycles. The second-order valence-corrected chi connectivity index (χ2v) is 6.57. The normalized spacial score (nSPS) is 11.1. The van der Waals surface area contributed by atoms with Gasteiger partial charge < -0.3 is 14.6 Å². The van der Waals surface area contributed by atoms with E-state index in [4.69, 9.17) is 4.74 Å². The van der Waals surface area contributed by atoms with Crippen molar-refractivity contribution in [1.29, 1.82) is 0 Å². The number of amides is 1. The minimum absolute atomic E-state index is 0.128. The molecular formula is C19H19N7O2. The number of carbonyl (C=O) groups excluding carboxylic acids is 1. The Balaban J connectivity index is 1.47. The van der Waals surface area contributed by atoms with Gasteiger partial charge in [0.05, 0.1) is 11.0 Å². The summed E-state index contributed by atoms with van der Waals surface area (Å²) in [6.07, 6.45) is 0. The lowest BCUT2D eigenvalue weighted by molar-refractivity contribution is -0.116. The maximum atomic E-state index is 12.6. The summed E-state index contributed by atoms with van der Waals surface area (Å²) < 4.78 is 7.37. The molecule has 0 aliphatic carbocycles. The second kappa shape index (κ2) is 7.47. The van der Waals surface area contributed by atoms with E-state index in [0.29, 0.717) is 11.4 Å². The highest BCUT2D eigenvalue weighted by Crippen LogP contribution is 2.23. The van der Waals surface area contributed by atoms with Crippen molar-refractivity contribution < 1.29 is 9.53 Å². The van der Waals surface area contributed by atoms with Gasteiger partial charge in [0, 0.05) is 11.6 Å². The maximum absolute atomic E-state index is 12.6. The Morgan fingerprint density at radius 1 is 1.18 bits per heavy atom. The molecule has 28 heavy (non-hydrogen) atoms. The SMILES string of the molecule is CC(C)c1nc2ccccc2n1CC(=O)Nc1ccc(Oc2nn[nH]n2)cc1. The van der Waals surface area contributed by atoms with E-state index in [-0.39, 0.29) is 24.4 Å². The number of H-pyrrole nitrogens is 1. The average molecular weight is 377 g/mol. The highest BCUT2D eigenvalue weighted by atomic mass is 16.5. The number of ether oxygens (including phenoxy) is 1. The number of anilines is 1. The van der Waals surface area contributed by atoms with Crippen LogP contribution in [0, 0.1) is 0 Å². The van der Waals surface area contributed by atoms with E-state index in [9.17, 15) is 4.79 Å². The first-order chi connectivity index (χ1) is 13.6. The van der Waals surface area contributed by atoms with Crippen molar-refractivity contribution in [2.75, 3.05) is 5.32 Å². The zero-order chi connectivity index (χ0) is 19.5. The van der Waals surface area contributed by atoms with Crippen molar-refractivity contribution in [3.8, 4) is 11.8 Å². The molecule has 0 unspecified atom stereocenters. The number of hydrogen-bond acceptors (Lipinski definition) is 6. The van der Waals surface area contributed by atoms with Gasteiger partial charge in [-0.25, -0.2) is 4.98 Å². The van der Waals surface area contributed by atoms with E-state index >= 15 is 0 Å². The van der Waals surface area contributed by atoms with Crippen LogP contribution in [-0.4, -0.2) is 36.1 Å². The number of fused-ring (bicyclic) bond motifs is 1. The van der Waals surface area contributed by atoms with Gasteiger partial charge in [0.25, 0.3) is 0 Å². The molecule has 0 spiro atoms. The molecular weight excluding hydrogens is 358 g/mol. The lowest BCUT2D eigenvalue weighted by Gasteiger charge is -2.12. The zero-order valence-electron chi connectivity index (χ0n) is 15.5. The van der Waals surface area contributed by atoms with Gasteiger partial charge in [-0.15, -0.1) is 0 Å². The van der Waals surface area contributed by atoms with Gasteiger partial charge in [-0.05, 0) is 41.6 Å². The van der Waals surface area contributed by atoms with Crippen LogP contribution in [0.15, 0.2) is 48.5 Å². The molecule has 9 nitrogen and oxygen atoms in total. The first kappa shape index (κ1) is 17.7. The molecule has 142 valence electrons. The third-order valence-corrected chi connectivity index (χ3v) is 4.18. The van der Waals surface area contributed by atoms with Crippen LogP contribution >= 0.6 is 0 Å². The van der Waals surface area contributed by atoms with Gasteiger partial charge in [-0.1, -0.05) is 36.2 Å². The largest absolute Gasteiger partial charge is 0.422 e. The quantitative estimate of drug-likeness (QED) is 0.534. The number of carbonyl (C=O) groups is 1. The van der Waals surface area contributed by atoms with E-state index in [1.165, 1.54) is 0 Å². The Kier molecular flexibility index (Phi) is 4.71. The van der Waals surface area contributed by atoms with Gasteiger partial charge in [0.2, 0.25) is 5.91 Å². The van der Waals surface area contributed by atoms with Crippen molar-refractivity contribution in [1.82, 2.24) is 30.2 Å². The van der Waals surface area contributed by atoms with Crippen molar-refractivity contribution in [3.05, 3.63) is 54.4 Å². The fourth-order valence-electron chi connectivity index (χ4n) is 2.95. The summed E-state index contributed by atoms with van der Waals surface area (Å²) in [5, 5.41) is 16.1. The highest BCUT2D eigenvalue weighted by Gasteiger charge is 2.16. The topological polar surface area (TPSA) is 111 Å². The number of nitrogens with zero attached hydrogens (tertiary/aromatic N) is 5. The molecule has 0 aliphatic heterocycles. The summed E-state index contributed by atoms with van der Waals surface area (Å²) in [6, 6.07) is 14.9. The minimum Gasteiger partial charge on any atom is -0.422 e. The first-order valence-electron chi connectivity index (χ1n) is 8.86. The van der Waals surface area contributed by atoms with Crippen LogP contribution in [0.4, 0.5) is 5.69 Å². The van der Waals surface area contributed by atoms with Crippen LogP contribution < -0.4 is 10.1 Å². The number of rotatable bonds is 6. The summed E-state index contributed by atoms with van der Waals surface area (Å²) in [4.78, 5) is 17.3. The summed E-state index contributed by atoms with van der Waals surface area (Å²) >= 11 is 0. The van der Waals surface area contributed by atoms with Crippen LogP contribution in [0.3, 0.4) is 0 Å². The number of benzene rings is 2. The Hall–Kier alpha value is -3.75. The van der Waals surface area contributed by atoms with E-state index in [2.05, 4.69) is 44.8 Å². The number of hydrogen-bond donors (Lipinski definition) is 2. The van der Waals surface area contributed by atoms with Crippen LogP contribution in [-0.2, 0) is 11.3 Å². The molecule has 2 heterocycles. The fourth-order valence-corrected chi connectivity index (χ4v) is 2.95. The van der Waals surface area contributed by atoms with Crippen LogP contribution in [0.5, 0.6) is 11.8 Å². The van der Waals surface area contributed by atoms with Crippen molar-refractivity contribution in [2.24, 2.45) is 0 Å². The first-order valence-corrected chi connectivity index (χ1v) is 8.86. The molecule has 4 rings (SSSR count). The number of para-hydroxylation sites is 2. The van der Waals surface area contributed by atoms with Crippen LogP contribution in [0.2, 0.25) is 0 Å². The molecule has 2 N–H and O–H groups in total. The van der Waals surface area contributed by atoms with Crippen molar-refractivity contribution in [2.45, 2.75) is 26.3 Å². The molecule has 1 amide bonds. The van der Waals surface area contributed by atoms with Crippen molar-refractivity contribution in [3.63, 3.8) is 0 Å². The van der Waals surface area contributed by atoms with Gasteiger partial charge in [0.1, 0.15) is 18.1 Å². The smallest absolute Gasteiger partial charge is 0.361 e. The standard InChI is InChI=1S/C19H19N7O2/c1-12(2)18-21-15-5-3-4-6-16(15)26(18)11-17(27)20-13-7-9-14(10-8-13)28-19-22-24-25-23-19/h3-10,12H,11H2,1-2H3,(H,20,27)(H,22,23,24,25). The molecule has 0 fully saturated rings. The Labute approximate surface area is 160 Å². The molecule has 0 saturated heterocycles. The predicted molar refractivity (Wildman–Crippen MR) is 103 cm³/mol. The third-order valence-electron chi connectivity index (χ3n) is 4.18. The second-order valence-electron chi connectivity index (χ2n) is 6.57. The lowest BCUT2D eigenvalue weighted by Crippen LogP contribution is -2.20. The van der Waals surface area contributed by atoms with Gasteiger partial charge in [0.15, 0.2) is 0 Å². The van der Waals surface area contributed by atoms with Crippen LogP contribution in [0.25, 0.3) is 11.0 Å². The molecule has 9 heteroatoms. The maximum Gasteiger partial charge on any atom is 0.361 e. The van der Waals surface area contributed by atoms with E-state index in [1.807, 2.05) is 28.8 Å². The number of tetrazole rings is 1. The highest BCUT2D eigenvalue weighted by molar-refractivity contribution is 5.91. The monoisotopic (exact) mass is 377 g/mol. The third kappa shape index (κ3) is 3.68. The Morgan fingerprint density at radius 2 is 1.96 bits per heavy atom. The Bertz CT molecular complexity index is 1090. The summed E-state index contributed by atoms with van der Waals surface area (Å²) in [7, 11) is 0. The molecule has 0 aliphatic rings. The number of nitrogens with one attached hydrogen (secondary N) is 2. The molecule has 0 bridgehead atoms. The molecule has 0 atom stereocenters. The molecule has 4 aromatic rings. The van der Waals surface area contributed by atoms with Crippen molar-refractivity contribution >= 4 is 22.6 Å². The number of imidazole rings is 1. The van der Waals surface area contributed by atoms with E-state index in [0.717, 1.165) is 16.9 Å². The summed E-state index contributed by atoms with van der Waals surface area (Å²) in [6.45, 7) is 4.32. The molecule has 0 radical (unpaired) electrons. The van der Waals surface area contributed by atoms with E-state index in [1.54, 1.807) is 24.3 Å². The Morgan fingerprint density at radius 3 is 2.68 bits per heavy atom. The average Bonchev–Trinajstić information content (AvgIpc) is 3.32. The van der Waals surface area contributed by atoms with Gasteiger partial charge in [-0.2, -0.15) is 5.21 Å². The fraction of sp³-hybridized carbons (Fsp3) is 0.211. The summed E-state index contributed by atoms with van der Waals surface area (Å²) in [5.74, 6) is 1.51. The van der Waals surface area contributed by atoms with Gasteiger partial charge in [-0.3, -0.25) is 4.79 Å². The molecule has 2 aromatic heterocycles. The summed E-state index contributed by atoms with van der Waals surface area (Å²) in [5.41, 5.74) is 2.51.